The van der Waals surface area contributed by atoms with Gasteiger partial charge < -0.3 is 4.74 Å². The van der Waals surface area contributed by atoms with Gasteiger partial charge in [-0.2, -0.15) is 0 Å². The fourth-order valence-electron chi connectivity index (χ4n) is 4.13. The number of benzene rings is 2. The Kier molecular flexibility index (Phi) is 3.67. The molecule has 0 spiro atoms. The van der Waals surface area contributed by atoms with Crippen molar-refractivity contribution < 1.29 is 4.74 Å². The maximum absolute atomic E-state index is 6.07. The second-order valence-corrected chi connectivity index (χ2v) is 7.38. The molecule has 26 heavy (non-hydrogen) atoms. The van der Waals surface area contributed by atoms with Crippen molar-refractivity contribution in [1.29, 1.82) is 0 Å². The number of rotatable bonds is 2. The molecule has 2 aromatic rings. The summed E-state index contributed by atoms with van der Waals surface area (Å²) in [6.07, 6.45) is 15.5. The molecule has 0 bridgehead atoms. The average Bonchev–Trinajstić information content (AvgIpc) is 3.07. The Morgan fingerprint density at radius 3 is 2.27 bits per heavy atom. The number of aryl methyl sites for hydroxylation is 1. The Balaban J connectivity index is 1.44. The van der Waals surface area contributed by atoms with Crippen molar-refractivity contribution in [1.82, 2.24) is 0 Å². The predicted octanol–water partition coefficient (Wildman–Crippen LogP) is 6.23. The molecule has 1 aliphatic heterocycles. The Morgan fingerprint density at radius 2 is 1.50 bits per heavy atom. The first-order chi connectivity index (χ1) is 12.8. The second-order valence-electron chi connectivity index (χ2n) is 7.38. The number of hydrogen-bond donors (Lipinski definition) is 0. The van der Waals surface area contributed by atoms with Gasteiger partial charge in [-0.25, -0.2) is 0 Å². The first-order valence-electron chi connectivity index (χ1n) is 9.41. The highest BCUT2D eigenvalue weighted by Gasteiger charge is 2.32. The molecule has 1 nitrogen and oxygen atoms in total. The second kappa shape index (κ2) is 6.17. The summed E-state index contributed by atoms with van der Waals surface area (Å²) in [5.41, 5.74) is 8.15. The minimum Gasteiger partial charge on any atom is -0.485 e. The van der Waals surface area contributed by atoms with Gasteiger partial charge >= 0.3 is 0 Å². The van der Waals surface area contributed by atoms with Gasteiger partial charge in [-0.05, 0) is 60.2 Å². The molecule has 0 saturated carbocycles. The third-order valence-electron chi connectivity index (χ3n) is 5.66. The van der Waals surface area contributed by atoms with Crippen LogP contribution in [0.3, 0.4) is 0 Å². The van der Waals surface area contributed by atoms with Crippen molar-refractivity contribution >= 4 is 11.1 Å². The van der Waals surface area contributed by atoms with E-state index in [4.69, 9.17) is 4.74 Å². The third kappa shape index (κ3) is 2.64. The predicted molar refractivity (Wildman–Crippen MR) is 108 cm³/mol. The molecule has 2 atom stereocenters. The summed E-state index contributed by atoms with van der Waals surface area (Å²) in [5, 5.41) is 0. The molecule has 0 saturated heterocycles. The van der Waals surface area contributed by atoms with E-state index in [-0.39, 0.29) is 6.10 Å². The van der Waals surface area contributed by atoms with Gasteiger partial charge in [0.25, 0.3) is 0 Å². The standard InChI is InChI=1S/C25H22O/c1-17-6-8-18(9-7-17)19-10-12-20(13-11-19)21-14-15-25-23(16-21)22-4-2-3-5-24(22)26-25/h2-10,12,14-16,22,24H,11,13H2,1H3. The van der Waals surface area contributed by atoms with Gasteiger partial charge in [-0.1, -0.05) is 66.3 Å². The van der Waals surface area contributed by atoms with Gasteiger partial charge in [-0.15, -0.1) is 0 Å². The van der Waals surface area contributed by atoms with Crippen LogP contribution >= 0.6 is 0 Å². The lowest BCUT2D eigenvalue weighted by Gasteiger charge is -2.17. The van der Waals surface area contributed by atoms with Gasteiger partial charge in [0.15, 0.2) is 0 Å². The zero-order chi connectivity index (χ0) is 17.5. The van der Waals surface area contributed by atoms with E-state index in [0.717, 1.165) is 18.6 Å². The van der Waals surface area contributed by atoms with Crippen LogP contribution < -0.4 is 4.74 Å². The van der Waals surface area contributed by atoms with Crippen LogP contribution in [-0.4, -0.2) is 6.10 Å². The molecule has 1 heterocycles. The van der Waals surface area contributed by atoms with E-state index in [9.17, 15) is 0 Å². The molecular weight excluding hydrogens is 316 g/mol. The SMILES string of the molecule is Cc1ccc(C2=CC=C(c3ccc4c(c3)C3C=CC=CC3O4)CC2)cc1. The van der Waals surface area contributed by atoms with Crippen molar-refractivity contribution in [2.24, 2.45) is 0 Å². The van der Waals surface area contributed by atoms with Crippen LogP contribution in [0.5, 0.6) is 5.75 Å². The summed E-state index contributed by atoms with van der Waals surface area (Å²) in [4.78, 5) is 0. The highest BCUT2D eigenvalue weighted by molar-refractivity contribution is 5.78. The fraction of sp³-hybridized carbons (Fsp3) is 0.200. The van der Waals surface area contributed by atoms with Gasteiger partial charge in [0.05, 0.1) is 0 Å². The molecule has 0 aromatic heterocycles. The van der Waals surface area contributed by atoms with Crippen LogP contribution in [0.1, 0.15) is 41.0 Å². The summed E-state index contributed by atoms with van der Waals surface area (Å²) >= 11 is 0. The van der Waals surface area contributed by atoms with Crippen LogP contribution in [0.4, 0.5) is 0 Å². The minimum atomic E-state index is 0.165. The number of allylic oxidation sites excluding steroid dienone is 6. The highest BCUT2D eigenvalue weighted by Crippen LogP contribution is 2.43. The Morgan fingerprint density at radius 1 is 0.808 bits per heavy atom. The molecular formula is C25H22O. The smallest absolute Gasteiger partial charge is 0.128 e. The topological polar surface area (TPSA) is 9.23 Å². The van der Waals surface area contributed by atoms with E-state index in [0.29, 0.717) is 5.92 Å². The number of ether oxygens (including phenoxy) is 1. The minimum absolute atomic E-state index is 0.165. The van der Waals surface area contributed by atoms with Crippen LogP contribution in [0, 0.1) is 6.92 Å². The molecule has 2 unspecified atom stereocenters. The Bertz CT molecular complexity index is 970. The number of fused-ring (bicyclic) bond motifs is 3. The summed E-state index contributed by atoms with van der Waals surface area (Å²) in [6.45, 7) is 2.14. The van der Waals surface area contributed by atoms with Crippen LogP contribution in [0.2, 0.25) is 0 Å². The van der Waals surface area contributed by atoms with Crippen LogP contribution in [0.15, 0.2) is 78.9 Å². The van der Waals surface area contributed by atoms with E-state index in [1.807, 2.05) is 0 Å². The molecule has 0 fully saturated rings. The van der Waals surface area contributed by atoms with E-state index < -0.39 is 0 Å². The zero-order valence-electron chi connectivity index (χ0n) is 15.0. The lowest BCUT2D eigenvalue weighted by molar-refractivity contribution is 0.269. The van der Waals surface area contributed by atoms with Crippen molar-refractivity contribution in [2.75, 3.05) is 0 Å². The Hall–Kier alpha value is -2.80. The molecule has 128 valence electrons. The molecule has 0 radical (unpaired) electrons. The summed E-state index contributed by atoms with van der Waals surface area (Å²) < 4.78 is 6.07. The van der Waals surface area contributed by atoms with Crippen LogP contribution in [-0.2, 0) is 0 Å². The molecule has 0 amide bonds. The zero-order valence-corrected chi connectivity index (χ0v) is 15.0. The molecule has 5 rings (SSSR count). The largest absolute Gasteiger partial charge is 0.485 e. The first-order valence-corrected chi connectivity index (χ1v) is 9.41. The van der Waals surface area contributed by atoms with Crippen molar-refractivity contribution in [2.45, 2.75) is 31.8 Å². The van der Waals surface area contributed by atoms with Gasteiger partial charge in [0.2, 0.25) is 0 Å². The van der Waals surface area contributed by atoms with E-state index in [1.54, 1.807) is 0 Å². The monoisotopic (exact) mass is 338 g/mol. The van der Waals surface area contributed by atoms with E-state index in [1.165, 1.54) is 33.4 Å². The fourth-order valence-corrected chi connectivity index (χ4v) is 4.13. The van der Waals surface area contributed by atoms with Gasteiger partial charge in [-0.3, -0.25) is 0 Å². The van der Waals surface area contributed by atoms with Crippen molar-refractivity contribution in [3.8, 4) is 5.75 Å². The van der Waals surface area contributed by atoms with E-state index >= 15 is 0 Å². The maximum atomic E-state index is 6.07. The summed E-state index contributed by atoms with van der Waals surface area (Å²) in [5.74, 6) is 1.39. The summed E-state index contributed by atoms with van der Waals surface area (Å²) in [7, 11) is 0. The molecule has 2 aromatic carbocycles. The number of hydrogen-bond acceptors (Lipinski definition) is 1. The molecule has 0 N–H and O–H groups in total. The lowest BCUT2D eigenvalue weighted by atomic mass is 9.87. The average molecular weight is 338 g/mol. The highest BCUT2D eigenvalue weighted by atomic mass is 16.5. The lowest BCUT2D eigenvalue weighted by Crippen LogP contribution is -2.15. The summed E-state index contributed by atoms with van der Waals surface area (Å²) in [6, 6.07) is 15.5. The van der Waals surface area contributed by atoms with Gasteiger partial charge in [0, 0.05) is 11.5 Å². The quantitative estimate of drug-likeness (QED) is 0.631. The van der Waals surface area contributed by atoms with Crippen molar-refractivity contribution in [3.05, 3.63) is 101 Å². The Labute approximate surface area is 155 Å². The first kappa shape index (κ1) is 15.5. The van der Waals surface area contributed by atoms with E-state index in [2.05, 4.69) is 85.8 Å². The van der Waals surface area contributed by atoms with Gasteiger partial charge in [0.1, 0.15) is 11.9 Å². The third-order valence-corrected chi connectivity index (χ3v) is 5.66. The molecule has 1 heteroatoms. The maximum Gasteiger partial charge on any atom is 0.128 e. The normalized spacial score (nSPS) is 23.0. The molecule has 3 aliphatic rings. The van der Waals surface area contributed by atoms with Crippen LogP contribution in [0.25, 0.3) is 11.1 Å². The van der Waals surface area contributed by atoms with Crippen molar-refractivity contribution in [3.63, 3.8) is 0 Å². The molecule has 2 aliphatic carbocycles.